The molecule has 2 aromatic rings. The second-order valence-electron chi connectivity index (χ2n) is 6.29. The van der Waals surface area contributed by atoms with Crippen molar-refractivity contribution in [1.82, 2.24) is 0 Å². The molecular weight excluding hydrogens is 300 g/mol. The lowest BCUT2D eigenvalue weighted by atomic mass is 9.79. The Labute approximate surface area is 142 Å². The normalized spacial score (nSPS) is 16.3. The van der Waals surface area contributed by atoms with Crippen LogP contribution in [0.2, 0.25) is 0 Å². The smallest absolute Gasteiger partial charge is 0.339 e. The van der Waals surface area contributed by atoms with E-state index in [-0.39, 0.29) is 11.7 Å². The molecule has 2 aromatic carbocycles. The Morgan fingerprint density at radius 3 is 2.33 bits per heavy atom. The number of carbonyl (C=O) groups is 1. The SMILES string of the molecule is C=Cc1ccc(C(=O)OC2(c3ccccc3O)CCCCC2)cc1. The summed E-state index contributed by atoms with van der Waals surface area (Å²) in [5, 5.41) is 10.3. The molecule has 0 radical (unpaired) electrons. The molecule has 3 nitrogen and oxygen atoms in total. The predicted octanol–water partition coefficient (Wildman–Crippen LogP) is 5.05. The molecule has 0 bridgehead atoms. The second kappa shape index (κ2) is 6.91. The number of aromatic hydroxyl groups is 1. The first-order chi connectivity index (χ1) is 11.6. The summed E-state index contributed by atoms with van der Waals surface area (Å²) in [6, 6.07) is 14.4. The van der Waals surface area contributed by atoms with Gasteiger partial charge in [0, 0.05) is 5.56 Å². The van der Waals surface area contributed by atoms with Crippen LogP contribution in [0.3, 0.4) is 0 Å². The molecule has 1 saturated carbocycles. The molecule has 24 heavy (non-hydrogen) atoms. The predicted molar refractivity (Wildman–Crippen MR) is 94.8 cm³/mol. The lowest BCUT2D eigenvalue weighted by molar-refractivity contribution is -0.0426. The van der Waals surface area contributed by atoms with Crippen molar-refractivity contribution in [2.24, 2.45) is 0 Å². The van der Waals surface area contributed by atoms with Crippen LogP contribution in [-0.4, -0.2) is 11.1 Å². The summed E-state index contributed by atoms with van der Waals surface area (Å²) >= 11 is 0. The molecule has 1 fully saturated rings. The molecule has 0 atom stereocenters. The number of carbonyl (C=O) groups excluding carboxylic acids is 1. The Morgan fingerprint density at radius 1 is 1.04 bits per heavy atom. The van der Waals surface area contributed by atoms with Crippen LogP contribution in [0.25, 0.3) is 6.08 Å². The first-order valence-corrected chi connectivity index (χ1v) is 8.39. The van der Waals surface area contributed by atoms with Crippen molar-refractivity contribution < 1.29 is 14.6 Å². The third kappa shape index (κ3) is 3.21. The van der Waals surface area contributed by atoms with Crippen LogP contribution in [-0.2, 0) is 10.3 Å². The van der Waals surface area contributed by atoms with Crippen LogP contribution in [0.5, 0.6) is 5.75 Å². The fourth-order valence-electron chi connectivity index (χ4n) is 3.40. The van der Waals surface area contributed by atoms with Crippen LogP contribution < -0.4 is 0 Å². The van der Waals surface area contributed by atoms with E-state index >= 15 is 0 Å². The fraction of sp³-hybridized carbons (Fsp3) is 0.286. The maximum Gasteiger partial charge on any atom is 0.339 e. The van der Waals surface area contributed by atoms with Crippen LogP contribution in [0.1, 0.15) is 53.6 Å². The second-order valence-corrected chi connectivity index (χ2v) is 6.29. The van der Waals surface area contributed by atoms with Gasteiger partial charge in [0.25, 0.3) is 0 Å². The number of hydrogen-bond acceptors (Lipinski definition) is 3. The molecule has 3 heteroatoms. The van der Waals surface area contributed by atoms with Crippen LogP contribution >= 0.6 is 0 Å². The van der Waals surface area contributed by atoms with Gasteiger partial charge in [-0.25, -0.2) is 4.79 Å². The molecule has 0 saturated heterocycles. The Balaban J connectivity index is 1.90. The summed E-state index contributed by atoms with van der Waals surface area (Å²) in [7, 11) is 0. The topological polar surface area (TPSA) is 46.5 Å². The first-order valence-electron chi connectivity index (χ1n) is 8.39. The number of esters is 1. The monoisotopic (exact) mass is 322 g/mol. The van der Waals surface area contributed by atoms with Crippen LogP contribution in [0, 0.1) is 0 Å². The Morgan fingerprint density at radius 2 is 1.71 bits per heavy atom. The Bertz CT molecular complexity index is 725. The highest BCUT2D eigenvalue weighted by atomic mass is 16.6. The maximum absolute atomic E-state index is 12.7. The molecule has 3 rings (SSSR count). The molecule has 0 aliphatic heterocycles. The van der Waals surface area contributed by atoms with Gasteiger partial charge in [-0.05, 0) is 49.4 Å². The summed E-state index contributed by atoms with van der Waals surface area (Å²) in [5.41, 5.74) is 1.44. The first kappa shape index (κ1) is 16.3. The largest absolute Gasteiger partial charge is 0.508 e. The molecule has 0 aromatic heterocycles. The van der Waals surface area contributed by atoms with Gasteiger partial charge in [0.15, 0.2) is 0 Å². The van der Waals surface area contributed by atoms with Gasteiger partial charge in [0.05, 0.1) is 5.56 Å². The summed E-state index contributed by atoms with van der Waals surface area (Å²) in [6.07, 6.45) is 6.30. The van der Waals surface area contributed by atoms with E-state index < -0.39 is 5.60 Å². The van der Waals surface area contributed by atoms with E-state index in [9.17, 15) is 9.90 Å². The molecule has 0 spiro atoms. The van der Waals surface area contributed by atoms with Crippen molar-refractivity contribution in [2.75, 3.05) is 0 Å². The van der Waals surface area contributed by atoms with Crippen molar-refractivity contribution in [2.45, 2.75) is 37.7 Å². The number of phenols is 1. The molecule has 1 N–H and O–H groups in total. The van der Waals surface area contributed by atoms with Gasteiger partial charge in [-0.1, -0.05) is 49.4 Å². The van der Waals surface area contributed by atoms with Crippen LogP contribution in [0.15, 0.2) is 55.1 Å². The van der Waals surface area contributed by atoms with E-state index in [1.807, 2.05) is 24.3 Å². The third-order valence-corrected chi connectivity index (χ3v) is 4.73. The van der Waals surface area contributed by atoms with E-state index in [1.54, 1.807) is 30.3 Å². The number of benzene rings is 2. The number of rotatable bonds is 4. The Kier molecular flexibility index (Phi) is 4.70. The van der Waals surface area contributed by atoms with E-state index in [1.165, 1.54) is 0 Å². The van der Waals surface area contributed by atoms with Gasteiger partial charge in [-0.15, -0.1) is 0 Å². The highest BCUT2D eigenvalue weighted by Gasteiger charge is 2.39. The highest BCUT2D eigenvalue weighted by molar-refractivity contribution is 5.90. The van der Waals surface area contributed by atoms with Crippen molar-refractivity contribution in [1.29, 1.82) is 0 Å². The summed E-state index contributed by atoms with van der Waals surface area (Å²) < 4.78 is 5.98. The van der Waals surface area contributed by atoms with E-state index in [0.717, 1.165) is 37.7 Å². The highest BCUT2D eigenvalue weighted by Crippen LogP contribution is 2.44. The van der Waals surface area contributed by atoms with E-state index in [4.69, 9.17) is 4.74 Å². The van der Waals surface area contributed by atoms with Crippen molar-refractivity contribution in [3.8, 4) is 5.75 Å². The molecule has 0 amide bonds. The van der Waals surface area contributed by atoms with Gasteiger partial charge in [-0.2, -0.15) is 0 Å². The number of ether oxygens (including phenoxy) is 1. The molecule has 124 valence electrons. The standard InChI is InChI=1S/C21H22O3/c1-2-16-10-12-17(13-11-16)20(23)24-21(14-6-3-7-15-21)18-8-4-5-9-19(18)22/h2,4-5,8-13,22H,1,3,6-7,14-15H2. The van der Waals surface area contributed by atoms with E-state index in [2.05, 4.69) is 6.58 Å². The van der Waals surface area contributed by atoms with Gasteiger partial charge >= 0.3 is 5.97 Å². The number of phenolic OH excluding ortho intramolecular Hbond substituents is 1. The van der Waals surface area contributed by atoms with Gasteiger partial charge in [0.2, 0.25) is 0 Å². The van der Waals surface area contributed by atoms with Gasteiger partial charge in [0.1, 0.15) is 11.4 Å². The quantitative estimate of drug-likeness (QED) is 0.801. The van der Waals surface area contributed by atoms with Crippen molar-refractivity contribution >= 4 is 12.0 Å². The maximum atomic E-state index is 12.7. The summed E-state index contributed by atoms with van der Waals surface area (Å²) in [4.78, 5) is 12.7. The zero-order chi connectivity index (χ0) is 17.0. The minimum absolute atomic E-state index is 0.189. The minimum atomic E-state index is -0.738. The lowest BCUT2D eigenvalue weighted by Gasteiger charge is -2.37. The molecule has 0 heterocycles. The van der Waals surface area contributed by atoms with Gasteiger partial charge < -0.3 is 9.84 Å². The minimum Gasteiger partial charge on any atom is -0.508 e. The molecular formula is C21H22O3. The molecule has 0 unspecified atom stereocenters. The third-order valence-electron chi connectivity index (χ3n) is 4.73. The van der Waals surface area contributed by atoms with Crippen molar-refractivity contribution in [3.05, 3.63) is 71.8 Å². The average Bonchev–Trinajstić information content (AvgIpc) is 2.63. The van der Waals surface area contributed by atoms with E-state index in [0.29, 0.717) is 11.1 Å². The summed E-state index contributed by atoms with van der Waals surface area (Å²) in [6.45, 7) is 3.72. The number of hydrogen-bond donors (Lipinski definition) is 1. The Hall–Kier alpha value is -2.55. The molecule has 1 aliphatic rings. The lowest BCUT2D eigenvalue weighted by Crippen LogP contribution is -2.34. The summed E-state index contributed by atoms with van der Waals surface area (Å²) in [5.74, 6) is -0.162. The average molecular weight is 322 g/mol. The van der Waals surface area contributed by atoms with Gasteiger partial charge in [-0.3, -0.25) is 0 Å². The fourth-order valence-corrected chi connectivity index (χ4v) is 3.40. The molecule has 1 aliphatic carbocycles. The van der Waals surface area contributed by atoms with Crippen LogP contribution in [0.4, 0.5) is 0 Å². The zero-order valence-electron chi connectivity index (χ0n) is 13.7. The zero-order valence-corrected chi connectivity index (χ0v) is 13.7. The number of para-hydroxylation sites is 1. The van der Waals surface area contributed by atoms with Crippen molar-refractivity contribution in [3.63, 3.8) is 0 Å².